The highest BCUT2D eigenvalue weighted by molar-refractivity contribution is 6.74. The van der Waals surface area contributed by atoms with Crippen molar-refractivity contribution in [3.63, 3.8) is 0 Å². The van der Waals surface area contributed by atoms with Crippen molar-refractivity contribution in [1.82, 2.24) is 19.6 Å². The van der Waals surface area contributed by atoms with Gasteiger partial charge < -0.3 is 24.1 Å². The number of likely N-dealkylation sites (N-methyl/N-ethyl adjacent to an activating group) is 2. The van der Waals surface area contributed by atoms with E-state index in [4.69, 9.17) is 14.3 Å². The van der Waals surface area contributed by atoms with E-state index in [1.165, 1.54) is 16.2 Å². The molecule has 8 nitrogen and oxygen atoms in total. The van der Waals surface area contributed by atoms with E-state index in [1.807, 2.05) is 0 Å². The van der Waals surface area contributed by atoms with E-state index in [0.717, 1.165) is 51.7 Å². The second kappa shape index (κ2) is 11.8. The zero-order chi connectivity index (χ0) is 27.6. The van der Waals surface area contributed by atoms with Crippen LogP contribution in [0.25, 0.3) is 0 Å². The van der Waals surface area contributed by atoms with Crippen molar-refractivity contribution in [2.24, 2.45) is 5.41 Å². The van der Waals surface area contributed by atoms with Crippen molar-refractivity contribution in [3.05, 3.63) is 17.5 Å². The predicted octanol–water partition coefficient (Wildman–Crippen LogP) is 6.31. The fourth-order valence-corrected chi connectivity index (χ4v) is 6.65. The number of nitrogens with zero attached hydrogens (tertiary/aromatic N) is 4. The maximum Gasteiger partial charge on any atom is 0.407 e. The van der Waals surface area contributed by atoms with Gasteiger partial charge in [0.2, 0.25) is 0 Å². The standard InChI is InChI=1S/C28H52N4O4Si/c1-27(2,3)37(8,9)36-23-18-21(13-14-28(23,4)5)25-22(19-30(6)15-16-31(7)26(33)34)20-32(29-25)24-12-10-11-17-35-24/h20-21,23-24H,10-19H2,1-9H3,(H,33,34). The molecule has 1 amide bonds. The zero-order valence-electron chi connectivity index (χ0n) is 24.8. The molecule has 3 unspecified atom stereocenters. The summed E-state index contributed by atoms with van der Waals surface area (Å²) < 4.78 is 15.2. The summed E-state index contributed by atoms with van der Waals surface area (Å²) in [7, 11) is 1.76. The van der Waals surface area contributed by atoms with Crippen LogP contribution in [-0.4, -0.2) is 79.0 Å². The largest absolute Gasteiger partial charge is 0.465 e. The molecule has 1 aliphatic heterocycles. The molecule has 212 valence electrons. The number of hydrogen-bond donors (Lipinski definition) is 1. The first-order valence-corrected chi connectivity index (χ1v) is 17.0. The lowest BCUT2D eigenvalue weighted by Gasteiger charge is -2.48. The van der Waals surface area contributed by atoms with Gasteiger partial charge in [-0.15, -0.1) is 0 Å². The Kier molecular flexibility index (Phi) is 9.57. The van der Waals surface area contributed by atoms with Gasteiger partial charge in [0.1, 0.15) is 6.23 Å². The molecular weight excluding hydrogens is 484 g/mol. The number of hydrogen-bond acceptors (Lipinski definition) is 5. The molecule has 3 rings (SSSR count). The van der Waals surface area contributed by atoms with E-state index in [0.29, 0.717) is 19.0 Å². The van der Waals surface area contributed by atoms with E-state index in [1.54, 1.807) is 7.05 Å². The molecule has 0 aromatic carbocycles. The van der Waals surface area contributed by atoms with Gasteiger partial charge in [-0.1, -0.05) is 34.6 Å². The van der Waals surface area contributed by atoms with Gasteiger partial charge in [-0.3, -0.25) is 0 Å². The first-order chi connectivity index (χ1) is 17.1. The Morgan fingerprint density at radius 1 is 1.24 bits per heavy atom. The number of amides is 1. The number of carbonyl (C=O) groups is 1. The molecule has 1 N–H and O–H groups in total. The van der Waals surface area contributed by atoms with Crippen molar-refractivity contribution in [3.8, 4) is 0 Å². The molecule has 37 heavy (non-hydrogen) atoms. The number of ether oxygens (including phenoxy) is 1. The summed E-state index contributed by atoms with van der Waals surface area (Å²) in [5.74, 6) is 0.345. The molecule has 1 aliphatic carbocycles. The molecule has 1 saturated heterocycles. The van der Waals surface area contributed by atoms with Crippen LogP contribution in [0.4, 0.5) is 4.79 Å². The molecule has 1 saturated carbocycles. The van der Waals surface area contributed by atoms with Crippen LogP contribution in [0.5, 0.6) is 0 Å². The van der Waals surface area contributed by atoms with Gasteiger partial charge in [-0.2, -0.15) is 5.10 Å². The van der Waals surface area contributed by atoms with Crippen molar-refractivity contribution in [2.75, 3.05) is 33.8 Å². The average Bonchev–Trinajstić information content (AvgIpc) is 3.22. The summed E-state index contributed by atoms with van der Waals surface area (Å²) in [6, 6.07) is 0. The number of rotatable bonds is 9. The third-order valence-corrected chi connectivity index (χ3v) is 13.5. The van der Waals surface area contributed by atoms with Gasteiger partial charge in [0.15, 0.2) is 8.32 Å². The zero-order valence-corrected chi connectivity index (χ0v) is 25.8. The molecule has 0 spiro atoms. The SMILES string of the molecule is CN(CCN(C)C(=O)O)Cc1cn(C2CCCCO2)nc1C1CCC(C)(C)C(O[Si](C)(C)C(C)(C)C)C1. The van der Waals surface area contributed by atoms with Gasteiger partial charge in [0, 0.05) is 51.0 Å². The van der Waals surface area contributed by atoms with Crippen LogP contribution in [0.15, 0.2) is 6.20 Å². The smallest absolute Gasteiger partial charge is 0.407 e. The lowest BCUT2D eigenvalue weighted by Crippen LogP contribution is -2.49. The van der Waals surface area contributed by atoms with Crippen LogP contribution in [0.2, 0.25) is 18.1 Å². The molecule has 2 fully saturated rings. The van der Waals surface area contributed by atoms with Crippen molar-refractivity contribution < 1.29 is 19.1 Å². The Balaban J connectivity index is 1.84. The van der Waals surface area contributed by atoms with Gasteiger partial charge >= 0.3 is 6.09 Å². The van der Waals surface area contributed by atoms with E-state index in [2.05, 4.69) is 70.5 Å². The lowest BCUT2D eigenvalue weighted by atomic mass is 9.70. The Morgan fingerprint density at radius 2 is 1.95 bits per heavy atom. The number of aromatic nitrogens is 2. The van der Waals surface area contributed by atoms with Gasteiger partial charge in [-0.05, 0) is 69.1 Å². The molecule has 1 aromatic heterocycles. The summed E-state index contributed by atoms with van der Waals surface area (Å²) in [4.78, 5) is 14.8. The van der Waals surface area contributed by atoms with Crippen LogP contribution in [0.1, 0.15) is 96.5 Å². The van der Waals surface area contributed by atoms with E-state index < -0.39 is 14.4 Å². The second-order valence-electron chi connectivity index (χ2n) is 13.6. The summed E-state index contributed by atoms with van der Waals surface area (Å²) in [5.41, 5.74) is 2.54. The molecule has 3 atom stereocenters. The molecule has 0 radical (unpaired) electrons. The van der Waals surface area contributed by atoms with Crippen LogP contribution in [0.3, 0.4) is 0 Å². The highest BCUT2D eigenvalue weighted by atomic mass is 28.4. The quantitative estimate of drug-likeness (QED) is 0.373. The van der Waals surface area contributed by atoms with Crippen molar-refractivity contribution >= 4 is 14.4 Å². The molecular formula is C28H52N4O4Si. The fraction of sp³-hybridized carbons (Fsp3) is 0.857. The van der Waals surface area contributed by atoms with E-state index in [9.17, 15) is 9.90 Å². The summed E-state index contributed by atoms with van der Waals surface area (Å²) in [5, 5.41) is 14.6. The van der Waals surface area contributed by atoms with Gasteiger partial charge in [0.05, 0.1) is 11.8 Å². The second-order valence-corrected chi connectivity index (χ2v) is 18.4. The molecule has 0 bridgehead atoms. The molecule has 2 aliphatic rings. The Morgan fingerprint density at radius 3 is 2.54 bits per heavy atom. The van der Waals surface area contributed by atoms with Crippen LogP contribution in [0, 0.1) is 5.41 Å². The minimum absolute atomic E-state index is 0.00371. The van der Waals surface area contributed by atoms with Crippen LogP contribution < -0.4 is 0 Å². The Bertz CT molecular complexity index is 904. The maximum absolute atomic E-state index is 11.2. The third kappa shape index (κ3) is 7.58. The molecule has 9 heteroatoms. The Hall–Kier alpha value is -1.42. The molecule has 2 heterocycles. The minimum atomic E-state index is -1.91. The van der Waals surface area contributed by atoms with Gasteiger partial charge in [0.25, 0.3) is 0 Å². The fourth-order valence-electron chi connectivity index (χ4n) is 5.17. The first kappa shape index (κ1) is 30.1. The van der Waals surface area contributed by atoms with E-state index in [-0.39, 0.29) is 22.8 Å². The highest BCUT2D eigenvalue weighted by Crippen LogP contribution is 2.48. The monoisotopic (exact) mass is 536 g/mol. The van der Waals surface area contributed by atoms with Crippen molar-refractivity contribution in [1.29, 1.82) is 0 Å². The average molecular weight is 537 g/mol. The highest BCUT2D eigenvalue weighted by Gasteiger charge is 2.46. The molecule has 1 aromatic rings. The topological polar surface area (TPSA) is 80.1 Å². The van der Waals surface area contributed by atoms with E-state index >= 15 is 0 Å². The van der Waals surface area contributed by atoms with Gasteiger partial charge in [-0.25, -0.2) is 9.48 Å². The van der Waals surface area contributed by atoms with Crippen LogP contribution in [-0.2, 0) is 15.7 Å². The van der Waals surface area contributed by atoms with Crippen molar-refractivity contribution in [2.45, 2.75) is 116 Å². The summed E-state index contributed by atoms with van der Waals surface area (Å²) >= 11 is 0. The maximum atomic E-state index is 11.2. The third-order valence-electron chi connectivity index (χ3n) is 9.01. The van der Waals surface area contributed by atoms with Crippen LogP contribution >= 0.6 is 0 Å². The minimum Gasteiger partial charge on any atom is -0.465 e. The normalized spacial score (nSPS) is 24.9. The Labute approximate surface area is 225 Å². The summed E-state index contributed by atoms with van der Waals surface area (Å²) in [6.07, 6.45) is 7.98. The lowest BCUT2D eigenvalue weighted by molar-refractivity contribution is -0.0400. The predicted molar refractivity (Wildman–Crippen MR) is 150 cm³/mol. The first-order valence-electron chi connectivity index (χ1n) is 14.1. The number of carboxylic acid groups (broad SMARTS) is 1. The summed E-state index contributed by atoms with van der Waals surface area (Å²) in [6.45, 7) is 19.1.